The molecule has 1 aromatic heterocycles. The molecule has 4 aliphatic heterocycles. The summed E-state index contributed by atoms with van der Waals surface area (Å²) in [7, 11) is 1.71. The Bertz CT molecular complexity index is 2580. The molecule has 6 bridgehead atoms. The van der Waals surface area contributed by atoms with Gasteiger partial charge in [-0.25, -0.2) is 5.43 Å². The highest BCUT2D eigenvalue weighted by atomic mass is 16.5. The van der Waals surface area contributed by atoms with Gasteiger partial charge in [0.25, 0.3) is 5.91 Å². The van der Waals surface area contributed by atoms with Crippen LogP contribution in [0.1, 0.15) is 77.0 Å². The number of carbonyl (C=O) groups excluding carboxylic acids is 5. The van der Waals surface area contributed by atoms with Crippen LogP contribution in [0.4, 0.5) is 0 Å². The van der Waals surface area contributed by atoms with Crippen molar-refractivity contribution in [2.24, 2.45) is 16.7 Å². The number of aromatic nitrogens is 1. The third-order valence-corrected chi connectivity index (χ3v) is 14.3. The Hall–Kier alpha value is -5.99. The molecule has 0 saturated carbocycles. The van der Waals surface area contributed by atoms with Crippen molar-refractivity contribution in [1.82, 2.24) is 30.1 Å². The molecule has 356 valence electrons. The average molecular weight is 915 g/mol. The fraction of sp³-hybridized carbons (Fsp3) is 0.491. The van der Waals surface area contributed by atoms with Crippen molar-refractivity contribution < 1.29 is 38.6 Å². The molecule has 4 amide bonds. The highest BCUT2D eigenvalue weighted by Gasteiger charge is 2.54. The zero-order valence-corrected chi connectivity index (χ0v) is 39.9. The second-order valence-electron chi connectivity index (χ2n) is 20.1. The van der Waals surface area contributed by atoms with Gasteiger partial charge in [-0.2, -0.15) is 0 Å². The summed E-state index contributed by atoms with van der Waals surface area (Å²) in [6, 6.07) is 17.2. The Balaban J connectivity index is 1.19. The lowest BCUT2D eigenvalue weighted by atomic mass is 9.83. The van der Waals surface area contributed by atoms with Crippen molar-refractivity contribution in [1.29, 1.82) is 0 Å². The number of likely N-dealkylation sites (tertiary alicyclic amines) is 2. The number of amides is 4. The molecule has 3 fully saturated rings. The number of cyclic esters (lactones) is 1. The van der Waals surface area contributed by atoms with Gasteiger partial charge < -0.3 is 34.3 Å². The van der Waals surface area contributed by atoms with E-state index >= 15 is 0 Å². The Morgan fingerprint density at radius 1 is 1.03 bits per heavy atom. The normalized spacial score (nSPS) is 22.6. The van der Waals surface area contributed by atoms with Gasteiger partial charge in [0.15, 0.2) is 0 Å². The molecule has 14 heteroatoms. The van der Waals surface area contributed by atoms with E-state index in [0.29, 0.717) is 63.9 Å². The first-order valence-electron chi connectivity index (χ1n) is 23.9. The smallest absolute Gasteiger partial charge is 0.324 e. The van der Waals surface area contributed by atoms with Gasteiger partial charge in [-0.15, -0.1) is 0 Å². The monoisotopic (exact) mass is 914 g/mol. The second-order valence-corrected chi connectivity index (χ2v) is 20.1. The van der Waals surface area contributed by atoms with Crippen LogP contribution in [0.3, 0.4) is 0 Å². The molecule has 67 heavy (non-hydrogen) atoms. The van der Waals surface area contributed by atoms with Gasteiger partial charge in [-0.05, 0) is 110 Å². The third kappa shape index (κ3) is 9.47. The minimum absolute atomic E-state index is 0.00670. The van der Waals surface area contributed by atoms with Gasteiger partial charge in [0, 0.05) is 68.1 Å². The van der Waals surface area contributed by atoms with Gasteiger partial charge in [-0.1, -0.05) is 70.7 Å². The van der Waals surface area contributed by atoms with Gasteiger partial charge >= 0.3 is 5.97 Å². The van der Waals surface area contributed by atoms with Gasteiger partial charge in [0.05, 0.1) is 24.3 Å². The lowest BCUT2D eigenvalue weighted by Gasteiger charge is -2.37. The number of nitrogens with zero attached hydrogens (tertiary/aromatic N) is 4. The number of methoxy groups -OCH3 is 1. The van der Waals surface area contributed by atoms with Crippen molar-refractivity contribution in [3.8, 4) is 28.1 Å². The number of rotatable bonds is 10. The first kappa shape index (κ1) is 47.5. The summed E-state index contributed by atoms with van der Waals surface area (Å²) in [4.78, 5) is 73.5. The molecular weight excluding hydrogens is 849 g/mol. The van der Waals surface area contributed by atoms with E-state index in [-0.39, 0.29) is 49.6 Å². The van der Waals surface area contributed by atoms with Crippen molar-refractivity contribution in [3.63, 3.8) is 0 Å². The van der Waals surface area contributed by atoms with E-state index < -0.39 is 46.7 Å². The minimum atomic E-state index is -1.14. The van der Waals surface area contributed by atoms with Crippen LogP contribution in [0.25, 0.3) is 33.3 Å². The molecule has 4 aromatic rings. The number of fused-ring (bicyclic) bond motifs is 6. The summed E-state index contributed by atoms with van der Waals surface area (Å²) in [5, 5.41) is 16.9. The summed E-state index contributed by atoms with van der Waals surface area (Å²) >= 11 is 0. The maximum absolute atomic E-state index is 14.8. The largest absolute Gasteiger partial charge is 0.508 e. The van der Waals surface area contributed by atoms with E-state index in [2.05, 4.69) is 85.1 Å². The molecule has 0 unspecified atom stereocenters. The molecule has 0 radical (unpaired) electrons. The van der Waals surface area contributed by atoms with Crippen LogP contribution in [0.2, 0.25) is 0 Å². The number of esters is 1. The number of hydrogen-bond acceptors (Lipinski definition) is 9. The van der Waals surface area contributed by atoms with E-state index in [1.165, 1.54) is 16.6 Å². The predicted octanol–water partition coefficient (Wildman–Crippen LogP) is 6.20. The minimum Gasteiger partial charge on any atom is -0.508 e. The van der Waals surface area contributed by atoms with Crippen molar-refractivity contribution in [2.45, 2.75) is 104 Å². The second kappa shape index (κ2) is 19.3. The van der Waals surface area contributed by atoms with Crippen LogP contribution >= 0.6 is 0 Å². The van der Waals surface area contributed by atoms with Crippen LogP contribution in [-0.2, 0) is 59.3 Å². The van der Waals surface area contributed by atoms with E-state index in [4.69, 9.17) is 9.47 Å². The molecule has 3 saturated heterocycles. The molecule has 8 rings (SSSR count). The van der Waals surface area contributed by atoms with Crippen LogP contribution < -0.4 is 10.7 Å². The number of hydrogen-bond donors (Lipinski definition) is 3. The molecule has 1 spiro atoms. The molecule has 0 aliphatic carbocycles. The number of aryl methyl sites for hydroxylation is 1. The highest BCUT2D eigenvalue weighted by molar-refractivity contribution is 5.97. The van der Waals surface area contributed by atoms with E-state index in [0.717, 1.165) is 45.3 Å². The van der Waals surface area contributed by atoms with E-state index in [9.17, 15) is 29.1 Å². The van der Waals surface area contributed by atoms with Crippen LogP contribution in [-0.4, -0.2) is 119 Å². The zero-order valence-electron chi connectivity index (χ0n) is 39.9. The SMILES string of the molecule is C=CC(=O)N1CC[C@]2(CCN([C@H](C(=O)N[C@@H]3Cc4cc(O)cc(c4)-c4ccc5c(c4)c(c(-c4ccccc4CCOC)n5CC)CC(C)(C)COC(=O)[C@@H]4CCCN(N4)C3=O)C(C)C)C2=O)C1. The fourth-order valence-corrected chi connectivity index (χ4v) is 10.9. The fourth-order valence-electron chi connectivity index (χ4n) is 10.9. The van der Waals surface area contributed by atoms with Gasteiger partial charge in [-0.3, -0.25) is 29.0 Å². The zero-order chi connectivity index (χ0) is 47.8. The van der Waals surface area contributed by atoms with Crippen molar-refractivity contribution in [3.05, 3.63) is 90.0 Å². The standard InChI is InChI=1S/C53H66N6O8/c1-8-45(61)56-22-19-53(31-56)20-23-58(51(53)65)46(33(3)4)48(62)54-43-27-34-25-37(28-38(60)26-34)36-16-17-44-40(29-36)41(47(57(44)9-2)39-14-11-10-13-35(39)18-24-66-7)30-52(5,6)32-67-50(64)42-15-12-21-59(55-42)49(43)63/h8,10-11,13-14,16-17,25-26,28-29,33,42-43,46,55,60H,1,9,12,15,18-24,27,30-32H2,2-7H3,(H,54,62)/t42-,43+,46-,53-/m0/s1. The lowest BCUT2D eigenvalue weighted by molar-refractivity contribution is -0.155. The lowest BCUT2D eigenvalue weighted by Crippen LogP contribution is -2.62. The van der Waals surface area contributed by atoms with Crippen LogP contribution in [0.5, 0.6) is 5.75 Å². The number of aromatic hydroxyl groups is 1. The molecule has 5 heterocycles. The van der Waals surface area contributed by atoms with E-state index in [1.807, 2.05) is 19.9 Å². The number of hydrazine groups is 1. The highest BCUT2D eigenvalue weighted by Crippen LogP contribution is 2.44. The predicted molar refractivity (Wildman–Crippen MR) is 256 cm³/mol. The number of ether oxygens (including phenoxy) is 2. The maximum atomic E-state index is 14.8. The molecule has 3 N–H and O–H groups in total. The topological polar surface area (TPSA) is 163 Å². The molecule has 3 aromatic carbocycles. The quantitative estimate of drug-likeness (QED) is 0.124. The van der Waals surface area contributed by atoms with Crippen LogP contribution in [0, 0.1) is 16.7 Å². The Kier molecular flexibility index (Phi) is 13.7. The Morgan fingerprint density at radius 2 is 1.81 bits per heavy atom. The third-order valence-electron chi connectivity index (χ3n) is 14.3. The number of benzene rings is 3. The molecule has 14 nitrogen and oxygen atoms in total. The van der Waals surface area contributed by atoms with Gasteiger partial charge in [0.2, 0.25) is 17.7 Å². The number of phenols is 1. The van der Waals surface area contributed by atoms with Crippen molar-refractivity contribution in [2.75, 3.05) is 46.5 Å². The van der Waals surface area contributed by atoms with E-state index in [1.54, 1.807) is 29.0 Å². The summed E-state index contributed by atoms with van der Waals surface area (Å²) in [5.74, 6) is -2.10. The Morgan fingerprint density at radius 3 is 2.55 bits per heavy atom. The Labute approximate surface area is 393 Å². The first-order valence-corrected chi connectivity index (χ1v) is 23.9. The summed E-state index contributed by atoms with van der Waals surface area (Å²) < 4.78 is 14.0. The molecule has 4 atom stereocenters. The summed E-state index contributed by atoms with van der Waals surface area (Å²) in [5.41, 5.74) is 9.63. The number of phenolic OH excluding ortho intramolecular Hbond substituents is 1. The number of nitrogens with one attached hydrogen (secondary N) is 2. The first-order chi connectivity index (χ1) is 32.1. The maximum Gasteiger partial charge on any atom is 0.324 e. The molecular formula is C53H66N6O8. The summed E-state index contributed by atoms with van der Waals surface area (Å²) in [6.07, 6.45) is 4.57. The van der Waals surface area contributed by atoms with Crippen LogP contribution in [0.15, 0.2) is 73.3 Å². The average Bonchev–Trinajstić information content (AvgIpc) is 3.98. The summed E-state index contributed by atoms with van der Waals surface area (Å²) in [6.45, 7) is 16.5. The van der Waals surface area contributed by atoms with Gasteiger partial charge in [0.1, 0.15) is 23.9 Å². The molecule has 4 aliphatic rings. The van der Waals surface area contributed by atoms with Crippen molar-refractivity contribution >= 4 is 40.5 Å². The number of carbonyl (C=O) groups is 5.